The summed E-state index contributed by atoms with van der Waals surface area (Å²) in [5.74, 6) is 1.89. The van der Waals surface area contributed by atoms with E-state index >= 15 is 0 Å². The van der Waals surface area contributed by atoms with Gasteiger partial charge in [0.05, 0.1) is 38.5 Å². The fourth-order valence-electron chi connectivity index (χ4n) is 3.81. The van der Waals surface area contributed by atoms with Crippen molar-refractivity contribution in [1.82, 2.24) is 10.2 Å². The second-order valence-electron chi connectivity index (χ2n) is 7.41. The topological polar surface area (TPSA) is 115 Å². The number of fused-ring (bicyclic) bond motifs is 1. The average molecular weight is 465 g/mol. The van der Waals surface area contributed by atoms with Gasteiger partial charge in [-0.25, -0.2) is 0 Å². The number of H-pyrrole nitrogens is 1. The molecule has 9 heteroatoms. The van der Waals surface area contributed by atoms with Crippen molar-refractivity contribution < 1.29 is 18.9 Å². The molecule has 0 spiro atoms. The molecule has 1 unspecified atom stereocenters. The molecule has 4 rings (SSSR count). The standard InChI is InChI=1S/C24H24N4O4S/c1-13-5-7-15(8-6-13)33-12-17-21-20(16(11-25)23(26)32-24(21)28-27-17)14-9-18(29-2)22(31-4)19(10-14)30-3/h5-10,20H,12,26H2,1-4H3,(H,27,28). The zero-order valence-electron chi connectivity index (χ0n) is 18.8. The Labute approximate surface area is 196 Å². The van der Waals surface area contributed by atoms with Crippen LogP contribution in [0.4, 0.5) is 0 Å². The van der Waals surface area contributed by atoms with Crippen molar-refractivity contribution in [2.24, 2.45) is 5.73 Å². The third-order valence-corrected chi connectivity index (χ3v) is 6.48. The SMILES string of the molecule is COc1cc(C2C(C#N)=C(N)Oc3n[nH]c(CSc4ccc(C)cc4)c32)cc(OC)c1OC. The quantitative estimate of drug-likeness (QED) is 0.499. The number of benzene rings is 2. The monoisotopic (exact) mass is 464 g/mol. The van der Waals surface area contributed by atoms with E-state index in [0.717, 1.165) is 21.7 Å². The Hall–Kier alpha value is -3.77. The predicted octanol–water partition coefficient (Wildman–Crippen LogP) is 4.25. The van der Waals surface area contributed by atoms with Crippen LogP contribution in [-0.2, 0) is 5.75 Å². The lowest BCUT2D eigenvalue weighted by Crippen LogP contribution is -2.21. The Kier molecular flexibility index (Phi) is 6.38. The number of nitrogens with two attached hydrogens (primary N) is 1. The highest BCUT2D eigenvalue weighted by molar-refractivity contribution is 7.98. The van der Waals surface area contributed by atoms with Crippen LogP contribution in [0.1, 0.15) is 28.3 Å². The molecule has 3 N–H and O–H groups in total. The molecule has 1 atom stereocenters. The first-order chi connectivity index (χ1) is 16.0. The number of rotatable bonds is 7. The third kappa shape index (κ3) is 4.17. The maximum atomic E-state index is 9.94. The van der Waals surface area contributed by atoms with E-state index in [1.54, 1.807) is 33.1 Å². The molecule has 0 amide bonds. The van der Waals surface area contributed by atoms with Crippen molar-refractivity contribution in [3.8, 4) is 29.2 Å². The summed E-state index contributed by atoms with van der Waals surface area (Å²) in [5.41, 5.74) is 9.95. The second kappa shape index (κ2) is 9.38. The van der Waals surface area contributed by atoms with Crippen LogP contribution < -0.4 is 24.7 Å². The summed E-state index contributed by atoms with van der Waals surface area (Å²) < 4.78 is 22.2. The van der Waals surface area contributed by atoms with Crippen LogP contribution in [0.5, 0.6) is 23.1 Å². The summed E-state index contributed by atoms with van der Waals surface area (Å²) in [5, 5.41) is 17.3. The number of thioether (sulfide) groups is 1. The molecule has 0 fully saturated rings. The number of methoxy groups -OCH3 is 3. The summed E-state index contributed by atoms with van der Waals surface area (Å²) in [6.45, 7) is 2.05. The van der Waals surface area contributed by atoms with Crippen molar-refractivity contribution in [2.75, 3.05) is 21.3 Å². The number of aryl methyl sites for hydroxylation is 1. The largest absolute Gasteiger partial charge is 0.493 e. The van der Waals surface area contributed by atoms with Crippen LogP contribution in [0.25, 0.3) is 0 Å². The number of nitriles is 1. The van der Waals surface area contributed by atoms with E-state index in [9.17, 15) is 5.26 Å². The molecule has 1 aromatic heterocycles. The van der Waals surface area contributed by atoms with Crippen LogP contribution in [0.15, 0.2) is 52.7 Å². The van der Waals surface area contributed by atoms with Gasteiger partial charge in [-0.3, -0.25) is 5.10 Å². The Morgan fingerprint density at radius 1 is 1.12 bits per heavy atom. The van der Waals surface area contributed by atoms with Crippen molar-refractivity contribution in [1.29, 1.82) is 5.26 Å². The molecule has 3 aromatic rings. The molecule has 0 saturated heterocycles. The number of nitrogens with one attached hydrogen (secondary N) is 1. The lowest BCUT2D eigenvalue weighted by molar-refractivity contribution is 0.323. The van der Waals surface area contributed by atoms with Crippen LogP contribution in [0, 0.1) is 18.3 Å². The maximum Gasteiger partial charge on any atom is 0.244 e. The molecule has 33 heavy (non-hydrogen) atoms. The van der Waals surface area contributed by atoms with Gasteiger partial charge in [0.25, 0.3) is 0 Å². The van der Waals surface area contributed by atoms with E-state index in [-0.39, 0.29) is 5.88 Å². The summed E-state index contributed by atoms with van der Waals surface area (Å²) in [7, 11) is 4.64. The van der Waals surface area contributed by atoms with Gasteiger partial charge in [-0.1, -0.05) is 17.7 Å². The molecular weight excluding hydrogens is 440 g/mol. The Balaban J connectivity index is 1.80. The van der Waals surface area contributed by atoms with E-state index in [1.165, 1.54) is 5.56 Å². The highest BCUT2D eigenvalue weighted by Crippen LogP contribution is 2.48. The molecule has 2 heterocycles. The van der Waals surface area contributed by atoms with E-state index in [1.807, 2.05) is 12.1 Å². The molecule has 170 valence electrons. The zero-order chi connectivity index (χ0) is 23.5. The number of hydrogen-bond donors (Lipinski definition) is 2. The van der Waals surface area contributed by atoms with Crippen molar-refractivity contribution in [3.63, 3.8) is 0 Å². The van der Waals surface area contributed by atoms with Gasteiger partial charge in [0, 0.05) is 10.6 Å². The van der Waals surface area contributed by atoms with Crippen LogP contribution >= 0.6 is 11.8 Å². The minimum absolute atomic E-state index is 0.0213. The lowest BCUT2D eigenvalue weighted by Gasteiger charge is -2.25. The molecule has 0 bridgehead atoms. The number of aromatic nitrogens is 2. The smallest absolute Gasteiger partial charge is 0.244 e. The number of hydrogen-bond acceptors (Lipinski definition) is 8. The first kappa shape index (κ1) is 22.4. The predicted molar refractivity (Wildman–Crippen MR) is 125 cm³/mol. The van der Waals surface area contributed by atoms with Gasteiger partial charge in [-0.05, 0) is 36.8 Å². The van der Waals surface area contributed by atoms with E-state index in [0.29, 0.717) is 34.5 Å². The van der Waals surface area contributed by atoms with Gasteiger partial charge >= 0.3 is 0 Å². The molecule has 0 saturated carbocycles. The molecule has 0 aliphatic carbocycles. The Morgan fingerprint density at radius 3 is 2.36 bits per heavy atom. The second-order valence-corrected chi connectivity index (χ2v) is 8.45. The third-order valence-electron chi connectivity index (χ3n) is 5.44. The summed E-state index contributed by atoms with van der Waals surface area (Å²) in [4.78, 5) is 1.13. The van der Waals surface area contributed by atoms with Gasteiger partial charge in [0.1, 0.15) is 11.6 Å². The normalized spacial score (nSPS) is 14.8. The van der Waals surface area contributed by atoms with Gasteiger partial charge in [0.2, 0.25) is 17.5 Å². The molecule has 1 aliphatic rings. The maximum absolute atomic E-state index is 9.94. The first-order valence-corrected chi connectivity index (χ1v) is 11.1. The van der Waals surface area contributed by atoms with Gasteiger partial charge in [-0.15, -0.1) is 16.9 Å². The molecule has 2 aromatic carbocycles. The number of ether oxygens (including phenoxy) is 4. The van der Waals surface area contributed by atoms with E-state index < -0.39 is 5.92 Å². The zero-order valence-corrected chi connectivity index (χ0v) is 19.6. The summed E-state index contributed by atoms with van der Waals surface area (Å²) >= 11 is 1.66. The minimum atomic E-state index is -0.514. The van der Waals surface area contributed by atoms with Crippen LogP contribution in [0.3, 0.4) is 0 Å². The van der Waals surface area contributed by atoms with Gasteiger partial charge in [-0.2, -0.15) is 5.26 Å². The van der Waals surface area contributed by atoms with Crippen LogP contribution in [-0.4, -0.2) is 31.5 Å². The first-order valence-electron chi connectivity index (χ1n) is 10.1. The fourth-order valence-corrected chi connectivity index (χ4v) is 4.67. The summed E-state index contributed by atoms with van der Waals surface area (Å²) in [6, 6.07) is 14.1. The number of aromatic amines is 1. The van der Waals surface area contributed by atoms with Crippen LogP contribution in [0.2, 0.25) is 0 Å². The fraction of sp³-hybridized carbons (Fsp3) is 0.250. The average Bonchev–Trinajstić information content (AvgIpc) is 3.23. The highest BCUT2D eigenvalue weighted by atomic mass is 32.2. The van der Waals surface area contributed by atoms with E-state index in [4.69, 9.17) is 24.7 Å². The van der Waals surface area contributed by atoms with Gasteiger partial charge < -0.3 is 24.7 Å². The lowest BCUT2D eigenvalue weighted by atomic mass is 9.84. The molecule has 8 nitrogen and oxygen atoms in total. The Bertz CT molecular complexity index is 1220. The van der Waals surface area contributed by atoms with E-state index in [2.05, 4.69) is 47.5 Å². The molecular formula is C24H24N4O4S. The number of allylic oxidation sites excluding steroid dienone is 1. The highest BCUT2D eigenvalue weighted by Gasteiger charge is 2.36. The molecule has 0 radical (unpaired) electrons. The van der Waals surface area contributed by atoms with Crippen molar-refractivity contribution in [3.05, 3.63) is 70.2 Å². The minimum Gasteiger partial charge on any atom is -0.493 e. The number of nitrogens with zero attached hydrogens (tertiary/aromatic N) is 2. The van der Waals surface area contributed by atoms with Gasteiger partial charge in [0.15, 0.2) is 11.5 Å². The van der Waals surface area contributed by atoms with Crippen molar-refractivity contribution in [2.45, 2.75) is 23.5 Å². The molecule has 1 aliphatic heterocycles. The summed E-state index contributed by atoms with van der Waals surface area (Å²) in [6.07, 6.45) is 0. The Morgan fingerprint density at radius 2 is 1.79 bits per heavy atom. The van der Waals surface area contributed by atoms with Crippen molar-refractivity contribution >= 4 is 11.8 Å².